The number of pyridine rings is 1. The Hall–Kier alpha value is -3.64. The van der Waals surface area contributed by atoms with Gasteiger partial charge in [0.15, 0.2) is 5.82 Å². The fourth-order valence-electron chi connectivity index (χ4n) is 5.69. The quantitative estimate of drug-likeness (QED) is 0.223. The van der Waals surface area contributed by atoms with E-state index in [9.17, 15) is 18.8 Å². The zero-order chi connectivity index (χ0) is 31.1. The number of carbonyl (C=O) groups excluding carboxylic acids is 3. The van der Waals surface area contributed by atoms with Crippen LogP contribution < -0.4 is 10.5 Å². The van der Waals surface area contributed by atoms with Crippen molar-refractivity contribution in [3.8, 4) is 0 Å². The number of anilines is 1. The summed E-state index contributed by atoms with van der Waals surface area (Å²) in [6, 6.07) is 13.8. The van der Waals surface area contributed by atoms with Crippen LogP contribution >= 0.6 is 11.6 Å². The lowest BCUT2D eigenvalue weighted by Crippen LogP contribution is -2.54. The van der Waals surface area contributed by atoms with E-state index in [1.165, 1.54) is 37.3 Å². The number of nitrogens with one attached hydrogen (secondary N) is 1. The molecule has 2 heterocycles. The third-order valence-electron chi connectivity index (χ3n) is 8.47. The van der Waals surface area contributed by atoms with Crippen molar-refractivity contribution in [2.24, 2.45) is 0 Å². The molecule has 3 aromatic rings. The molecule has 1 saturated carbocycles. The number of hydrazine groups is 1. The number of carbonyl (C=O) groups is 3. The molecule has 1 N–H and O–H groups in total. The van der Waals surface area contributed by atoms with E-state index in [-0.39, 0.29) is 48.6 Å². The molecule has 1 saturated heterocycles. The van der Waals surface area contributed by atoms with Crippen LogP contribution in [0.3, 0.4) is 0 Å². The van der Waals surface area contributed by atoms with E-state index in [0.717, 1.165) is 28.9 Å². The van der Waals surface area contributed by atoms with Gasteiger partial charge in [0.05, 0.1) is 17.7 Å². The standard InChI is InChI=1S/C32H38ClFN6O4/c1-23(42)40(36-20-26-8-4-11-29(34)32(26)33)28(12-13-31(43)38-16-14-37(15-17-38)27-9-5-10-27)21-44-39(22-41)30-18-24-6-2-3-7-25(24)19-35-30/h2-4,6-8,11,18-19,22,27-28,36H,5,9-10,12-17,20-21H2,1H3/t28-/m0/s1. The van der Waals surface area contributed by atoms with Crippen molar-refractivity contribution >= 4 is 46.4 Å². The second-order valence-corrected chi connectivity index (χ2v) is 11.6. The fourth-order valence-corrected chi connectivity index (χ4v) is 5.88. The average Bonchev–Trinajstić information content (AvgIpc) is 3.00. The maximum absolute atomic E-state index is 14.1. The first kappa shape index (κ1) is 31.8. The van der Waals surface area contributed by atoms with E-state index in [4.69, 9.17) is 16.4 Å². The van der Waals surface area contributed by atoms with Gasteiger partial charge in [0.1, 0.15) is 5.82 Å². The van der Waals surface area contributed by atoms with Gasteiger partial charge in [-0.1, -0.05) is 54.4 Å². The second kappa shape index (κ2) is 14.9. The van der Waals surface area contributed by atoms with Crippen molar-refractivity contribution in [1.29, 1.82) is 0 Å². The van der Waals surface area contributed by atoms with Gasteiger partial charge in [-0.25, -0.2) is 14.8 Å². The number of fused-ring (bicyclic) bond motifs is 1. The number of hydrogen-bond donors (Lipinski definition) is 1. The molecular weight excluding hydrogens is 587 g/mol. The van der Waals surface area contributed by atoms with Crippen molar-refractivity contribution < 1.29 is 23.6 Å². The summed E-state index contributed by atoms with van der Waals surface area (Å²) < 4.78 is 14.1. The minimum Gasteiger partial charge on any atom is -0.340 e. The minimum absolute atomic E-state index is 0.00313. The van der Waals surface area contributed by atoms with E-state index in [0.29, 0.717) is 31.1 Å². The summed E-state index contributed by atoms with van der Waals surface area (Å²) in [6.07, 6.45) is 6.35. The molecule has 1 aliphatic carbocycles. The van der Waals surface area contributed by atoms with Crippen LogP contribution in [0.1, 0.15) is 44.6 Å². The first-order valence-corrected chi connectivity index (χ1v) is 15.4. The van der Waals surface area contributed by atoms with Crippen LogP contribution in [0.2, 0.25) is 5.02 Å². The van der Waals surface area contributed by atoms with Crippen molar-refractivity contribution in [2.75, 3.05) is 37.8 Å². The summed E-state index contributed by atoms with van der Waals surface area (Å²) in [6.45, 7) is 4.42. The highest BCUT2D eigenvalue weighted by molar-refractivity contribution is 6.31. The summed E-state index contributed by atoms with van der Waals surface area (Å²) in [5.41, 5.74) is 3.51. The number of hydroxylamine groups is 1. The summed E-state index contributed by atoms with van der Waals surface area (Å²) in [5, 5.41) is 4.13. The monoisotopic (exact) mass is 624 g/mol. The lowest BCUT2D eigenvalue weighted by atomic mass is 9.91. The molecule has 2 aromatic carbocycles. The lowest BCUT2D eigenvalue weighted by Gasteiger charge is -2.43. The molecule has 10 nitrogen and oxygen atoms in total. The molecule has 0 spiro atoms. The highest BCUT2D eigenvalue weighted by Crippen LogP contribution is 2.26. The molecule has 0 unspecified atom stereocenters. The molecule has 44 heavy (non-hydrogen) atoms. The molecule has 234 valence electrons. The Morgan fingerprint density at radius 1 is 1.14 bits per heavy atom. The first-order valence-electron chi connectivity index (χ1n) is 15.0. The molecule has 1 aliphatic heterocycles. The van der Waals surface area contributed by atoms with Crippen LogP contribution in [-0.2, 0) is 25.8 Å². The number of halogens is 2. The van der Waals surface area contributed by atoms with Crippen LogP contribution in [0.5, 0.6) is 0 Å². The number of benzene rings is 2. The number of amides is 3. The molecular formula is C32H38ClFN6O4. The third-order valence-corrected chi connectivity index (χ3v) is 8.89. The Balaban J connectivity index is 1.27. The Bertz CT molecular complexity index is 1470. The van der Waals surface area contributed by atoms with Gasteiger partial charge in [0.25, 0.3) is 0 Å². The summed E-state index contributed by atoms with van der Waals surface area (Å²) in [7, 11) is 0. The van der Waals surface area contributed by atoms with E-state index in [1.54, 1.807) is 24.4 Å². The van der Waals surface area contributed by atoms with Gasteiger partial charge >= 0.3 is 0 Å². The number of hydrogen-bond acceptors (Lipinski definition) is 7. The van der Waals surface area contributed by atoms with Gasteiger partial charge < -0.3 is 4.90 Å². The number of rotatable bonds is 13. The van der Waals surface area contributed by atoms with Crippen LogP contribution in [0.25, 0.3) is 10.8 Å². The normalized spacial score (nSPS) is 16.4. The Labute approximate surface area is 261 Å². The van der Waals surface area contributed by atoms with Crippen molar-refractivity contribution in [2.45, 2.75) is 57.7 Å². The largest absolute Gasteiger partial charge is 0.340 e. The SMILES string of the molecule is CC(=O)N(NCc1cccc(F)c1Cl)[C@@H](CCC(=O)N1CCN(C2CCC2)CC1)CON(C=O)c1cc2ccccc2cn1. The van der Waals surface area contributed by atoms with Crippen molar-refractivity contribution in [1.82, 2.24) is 25.2 Å². The lowest BCUT2D eigenvalue weighted by molar-refractivity contribution is -0.140. The Morgan fingerprint density at radius 2 is 1.89 bits per heavy atom. The minimum atomic E-state index is -0.650. The van der Waals surface area contributed by atoms with Gasteiger partial charge in [-0.15, -0.1) is 0 Å². The predicted octanol–water partition coefficient (Wildman–Crippen LogP) is 4.32. The van der Waals surface area contributed by atoms with Crippen molar-refractivity contribution in [3.05, 3.63) is 71.1 Å². The van der Waals surface area contributed by atoms with E-state index in [1.807, 2.05) is 29.2 Å². The zero-order valence-corrected chi connectivity index (χ0v) is 25.6. The van der Waals surface area contributed by atoms with E-state index >= 15 is 0 Å². The Morgan fingerprint density at radius 3 is 2.57 bits per heavy atom. The first-order chi connectivity index (χ1) is 21.3. The third kappa shape index (κ3) is 7.71. The van der Waals surface area contributed by atoms with Gasteiger partial charge in [-0.3, -0.25) is 29.1 Å². The molecule has 2 aliphatic rings. The maximum atomic E-state index is 14.1. The van der Waals surface area contributed by atoms with Crippen LogP contribution in [0.4, 0.5) is 10.2 Å². The van der Waals surface area contributed by atoms with Gasteiger partial charge in [0, 0.05) is 63.7 Å². The highest BCUT2D eigenvalue weighted by Gasteiger charge is 2.30. The smallest absolute Gasteiger partial charge is 0.239 e. The molecule has 1 aromatic heterocycles. The zero-order valence-electron chi connectivity index (χ0n) is 24.8. The van der Waals surface area contributed by atoms with E-state index in [2.05, 4.69) is 15.3 Å². The topological polar surface area (TPSA) is 98.3 Å². The molecule has 12 heteroatoms. The number of aromatic nitrogens is 1. The van der Waals surface area contributed by atoms with Crippen LogP contribution in [-0.4, -0.2) is 82.9 Å². The van der Waals surface area contributed by atoms with Crippen LogP contribution in [0.15, 0.2) is 54.7 Å². The van der Waals surface area contributed by atoms with Gasteiger partial charge in [0.2, 0.25) is 18.2 Å². The van der Waals surface area contributed by atoms with E-state index < -0.39 is 11.9 Å². The second-order valence-electron chi connectivity index (χ2n) is 11.2. The van der Waals surface area contributed by atoms with Gasteiger partial charge in [-0.05, 0) is 42.3 Å². The summed E-state index contributed by atoms with van der Waals surface area (Å²) >= 11 is 6.15. The summed E-state index contributed by atoms with van der Waals surface area (Å²) in [4.78, 5) is 52.8. The Kier molecular flexibility index (Phi) is 10.8. The molecule has 2 fully saturated rings. The molecule has 0 radical (unpaired) electrons. The fraction of sp³-hybridized carbons (Fsp3) is 0.438. The number of nitrogens with zero attached hydrogens (tertiary/aromatic N) is 5. The predicted molar refractivity (Wildman–Crippen MR) is 166 cm³/mol. The average molecular weight is 625 g/mol. The maximum Gasteiger partial charge on any atom is 0.239 e. The van der Waals surface area contributed by atoms with Gasteiger partial charge in [-0.2, -0.15) is 5.06 Å². The van der Waals surface area contributed by atoms with Crippen molar-refractivity contribution in [3.63, 3.8) is 0 Å². The molecule has 1 atom stereocenters. The highest BCUT2D eigenvalue weighted by atomic mass is 35.5. The molecule has 3 amide bonds. The molecule has 0 bridgehead atoms. The van der Waals surface area contributed by atoms with Crippen LogP contribution in [0, 0.1) is 5.82 Å². The number of piperazine rings is 1. The summed E-state index contributed by atoms with van der Waals surface area (Å²) in [5.74, 6) is -0.614. The molecule has 5 rings (SSSR count).